The van der Waals surface area contributed by atoms with Gasteiger partial charge in [-0.3, -0.25) is 0 Å². The van der Waals surface area contributed by atoms with Crippen LogP contribution >= 0.6 is 0 Å². The van der Waals surface area contributed by atoms with E-state index >= 15 is 0 Å². The summed E-state index contributed by atoms with van der Waals surface area (Å²) in [4.78, 5) is 10.1. The number of nitrogens with zero attached hydrogens (tertiary/aromatic N) is 3. The van der Waals surface area contributed by atoms with Crippen molar-refractivity contribution in [2.75, 3.05) is 0 Å². The van der Waals surface area contributed by atoms with E-state index in [4.69, 9.17) is 14.7 Å². The van der Waals surface area contributed by atoms with Crippen molar-refractivity contribution in [2.24, 2.45) is 0 Å². The molecule has 1 aliphatic carbocycles. The van der Waals surface area contributed by atoms with Crippen LogP contribution < -0.4 is 4.74 Å². The number of rotatable bonds is 5. The summed E-state index contributed by atoms with van der Waals surface area (Å²) in [6.07, 6.45) is 0. The zero-order valence-corrected chi connectivity index (χ0v) is 33.5. The van der Waals surface area contributed by atoms with Crippen molar-refractivity contribution in [1.29, 1.82) is 5.26 Å². The fraction of sp³-hybridized carbons (Fsp3) is 0.0172. The van der Waals surface area contributed by atoms with E-state index in [1.807, 2.05) is 54.6 Å². The van der Waals surface area contributed by atoms with Gasteiger partial charge >= 0.3 is 0 Å². The predicted molar refractivity (Wildman–Crippen MR) is 249 cm³/mol. The van der Waals surface area contributed by atoms with Gasteiger partial charge in [-0.1, -0.05) is 164 Å². The van der Waals surface area contributed by atoms with Crippen LogP contribution in [-0.4, -0.2) is 9.97 Å². The quantitative estimate of drug-likeness (QED) is 0.174. The Kier molecular flexibility index (Phi) is 8.10. The van der Waals surface area contributed by atoms with Gasteiger partial charge in [0.25, 0.3) is 0 Å². The standard InChI is InChI=1S/C58H35N3O/c59-36-37-19-20-43-32-44(26-25-42(43)31-37)46-28-30-48-47-29-27-45(33-51(47)58(52(48)34-46)49-15-7-9-17-55(49)62-56-18-10-8-16-50(56)58)38-21-23-40(24-22-38)54-35-53(39-11-3-1-4-12-39)60-57(61-54)41-13-5-2-6-14-41/h1-35H. The molecule has 0 fully saturated rings. The van der Waals surface area contributed by atoms with E-state index in [9.17, 15) is 5.26 Å². The van der Waals surface area contributed by atoms with Gasteiger partial charge in [-0.05, 0) is 104 Å². The summed E-state index contributed by atoms with van der Waals surface area (Å²) in [5.74, 6) is 2.42. The molecule has 0 saturated heterocycles. The van der Waals surface area contributed by atoms with E-state index in [2.05, 4.69) is 164 Å². The number of nitriles is 1. The summed E-state index contributed by atoms with van der Waals surface area (Å²) in [5, 5.41) is 11.7. The smallest absolute Gasteiger partial charge is 0.160 e. The summed E-state index contributed by atoms with van der Waals surface area (Å²) in [7, 11) is 0. The zero-order chi connectivity index (χ0) is 41.2. The van der Waals surface area contributed by atoms with Crippen molar-refractivity contribution in [2.45, 2.75) is 5.41 Å². The topological polar surface area (TPSA) is 58.8 Å². The first-order chi connectivity index (χ1) is 30.6. The summed E-state index contributed by atoms with van der Waals surface area (Å²) in [6, 6.07) is 76.9. The van der Waals surface area contributed by atoms with E-state index in [0.717, 1.165) is 83.7 Å². The fourth-order valence-corrected chi connectivity index (χ4v) is 9.65. The lowest BCUT2D eigenvalue weighted by molar-refractivity contribution is 0.436. The third kappa shape index (κ3) is 5.60. The Morgan fingerprint density at radius 3 is 1.47 bits per heavy atom. The van der Waals surface area contributed by atoms with Crippen LogP contribution in [0.3, 0.4) is 0 Å². The molecular weight excluding hydrogens is 755 g/mol. The minimum absolute atomic E-state index is 0.636. The maximum Gasteiger partial charge on any atom is 0.160 e. The van der Waals surface area contributed by atoms with Crippen LogP contribution in [0.2, 0.25) is 0 Å². The zero-order valence-electron chi connectivity index (χ0n) is 33.5. The molecule has 62 heavy (non-hydrogen) atoms. The first-order valence-corrected chi connectivity index (χ1v) is 20.9. The van der Waals surface area contributed by atoms with Gasteiger partial charge in [-0.2, -0.15) is 5.26 Å². The summed E-state index contributed by atoms with van der Waals surface area (Å²) >= 11 is 0. The fourth-order valence-electron chi connectivity index (χ4n) is 9.65. The molecule has 0 amide bonds. The minimum Gasteiger partial charge on any atom is -0.457 e. The lowest BCUT2D eigenvalue weighted by Gasteiger charge is -2.39. The lowest BCUT2D eigenvalue weighted by Crippen LogP contribution is -2.32. The van der Waals surface area contributed by atoms with Gasteiger partial charge in [-0.25, -0.2) is 9.97 Å². The third-order valence-electron chi connectivity index (χ3n) is 12.6. The van der Waals surface area contributed by atoms with Crippen LogP contribution in [0.25, 0.3) is 78.1 Å². The summed E-state index contributed by atoms with van der Waals surface area (Å²) in [5.41, 5.74) is 16.5. The first-order valence-electron chi connectivity index (χ1n) is 20.9. The average Bonchev–Trinajstić information content (AvgIpc) is 3.63. The molecule has 0 saturated carbocycles. The molecular formula is C58H35N3O. The molecule has 9 aromatic carbocycles. The van der Waals surface area contributed by atoms with Gasteiger partial charge in [-0.15, -0.1) is 0 Å². The number of aromatic nitrogens is 2. The molecule has 12 rings (SSSR count). The van der Waals surface area contributed by atoms with Crippen molar-refractivity contribution in [1.82, 2.24) is 9.97 Å². The molecule has 2 heterocycles. The molecule has 0 unspecified atom stereocenters. The van der Waals surface area contributed by atoms with Crippen LogP contribution in [0.4, 0.5) is 0 Å². The Hall–Kier alpha value is -8.39. The Balaban J connectivity index is 1.00. The Morgan fingerprint density at radius 1 is 0.371 bits per heavy atom. The molecule has 0 bridgehead atoms. The molecule has 2 aliphatic rings. The van der Waals surface area contributed by atoms with Gasteiger partial charge in [0.05, 0.1) is 28.4 Å². The molecule has 1 aliphatic heterocycles. The van der Waals surface area contributed by atoms with E-state index in [1.165, 1.54) is 22.3 Å². The predicted octanol–water partition coefficient (Wildman–Crippen LogP) is 14.3. The van der Waals surface area contributed by atoms with Crippen molar-refractivity contribution >= 4 is 10.8 Å². The van der Waals surface area contributed by atoms with Gasteiger partial charge < -0.3 is 4.74 Å². The first kappa shape index (κ1) is 35.5. The molecule has 1 aromatic heterocycles. The van der Waals surface area contributed by atoms with Crippen molar-refractivity contribution in [3.8, 4) is 84.9 Å². The van der Waals surface area contributed by atoms with Gasteiger partial charge in [0, 0.05) is 27.8 Å². The van der Waals surface area contributed by atoms with Crippen LogP contribution in [0.5, 0.6) is 11.5 Å². The lowest BCUT2D eigenvalue weighted by atomic mass is 9.65. The normalized spacial score (nSPS) is 12.8. The number of benzene rings is 9. The van der Waals surface area contributed by atoms with Crippen molar-refractivity contribution in [3.63, 3.8) is 0 Å². The second kappa shape index (κ2) is 14.1. The Labute approximate surface area is 359 Å². The molecule has 0 N–H and O–H groups in total. The molecule has 1 spiro atoms. The van der Waals surface area contributed by atoms with Crippen molar-refractivity contribution < 1.29 is 4.74 Å². The van der Waals surface area contributed by atoms with E-state index in [1.54, 1.807) is 0 Å². The molecule has 0 atom stereocenters. The van der Waals surface area contributed by atoms with Crippen molar-refractivity contribution in [3.05, 3.63) is 240 Å². The maximum absolute atomic E-state index is 9.51. The number of para-hydroxylation sites is 2. The second-order valence-corrected chi connectivity index (χ2v) is 16.0. The molecule has 10 aromatic rings. The SMILES string of the molecule is N#Cc1ccc2cc(-c3ccc4c(c3)C3(c5ccccc5Oc5ccccc53)c3cc(-c5ccc(-c6cc(-c7ccccc7)nc(-c7ccccc7)n6)cc5)ccc3-4)ccc2c1. The Morgan fingerprint density at radius 2 is 0.839 bits per heavy atom. The molecule has 0 radical (unpaired) electrons. The highest BCUT2D eigenvalue weighted by atomic mass is 16.5. The number of fused-ring (bicyclic) bond motifs is 10. The minimum atomic E-state index is -0.636. The number of hydrogen-bond donors (Lipinski definition) is 0. The number of hydrogen-bond acceptors (Lipinski definition) is 4. The summed E-state index contributed by atoms with van der Waals surface area (Å²) in [6.45, 7) is 0. The van der Waals surface area contributed by atoms with E-state index in [0.29, 0.717) is 11.4 Å². The average molecular weight is 790 g/mol. The largest absolute Gasteiger partial charge is 0.457 e. The van der Waals surface area contributed by atoms with E-state index < -0.39 is 5.41 Å². The van der Waals surface area contributed by atoms with Gasteiger partial charge in [0.1, 0.15) is 11.5 Å². The van der Waals surface area contributed by atoms with Gasteiger partial charge in [0.15, 0.2) is 5.82 Å². The van der Waals surface area contributed by atoms with Crippen LogP contribution in [0, 0.1) is 11.3 Å². The molecule has 4 nitrogen and oxygen atoms in total. The van der Waals surface area contributed by atoms with E-state index in [-0.39, 0.29) is 0 Å². The maximum atomic E-state index is 9.51. The van der Waals surface area contributed by atoms with Crippen LogP contribution in [-0.2, 0) is 5.41 Å². The second-order valence-electron chi connectivity index (χ2n) is 16.0. The third-order valence-corrected chi connectivity index (χ3v) is 12.6. The summed E-state index contributed by atoms with van der Waals surface area (Å²) < 4.78 is 6.69. The monoisotopic (exact) mass is 789 g/mol. The number of ether oxygens (including phenoxy) is 1. The van der Waals surface area contributed by atoms with Crippen LogP contribution in [0.15, 0.2) is 212 Å². The molecule has 288 valence electrons. The highest BCUT2D eigenvalue weighted by molar-refractivity contribution is 5.94. The highest BCUT2D eigenvalue weighted by Crippen LogP contribution is 2.62. The van der Waals surface area contributed by atoms with Crippen LogP contribution in [0.1, 0.15) is 27.8 Å². The highest BCUT2D eigenvalue weighted by Gasteiger charge is 2.51. The molecule has 4 heteroatoms. The van der Waals surface area contributed by atoms with Gasteiger partial charge in [0.2, 0.25) is 0 Å². The Bertz CT molecular complexity index is 3340.